The van der Waals surface area contributed by atoms with Crippen LogP contribution in [0, 0.1) is 0 Å². The van der Waals surface area contributed by atoms with E-state index in [1.54, 1.807) is 31.6 Å². The summed E-state index contributed by atoms with van der Waals surface area (Å²) < 4.78 is 5.20. The van der Waals surface area contributed by atoms with Crippen molar-refractivity contribution in [2.45, 2.75) is 6.54 Å². The van der Waals surface area contributed by atoms with Crippen LogP contribution in [-0.2, 0) is 6.54 Å². The van der Waals surface area contributed by atoms with Gasteiger partial charge in [0.05, 0.1) is 19.0 Å². The number of fused-ring (bicyclic) bond motifs is 1. The molecule has 0 fully saturated rings. The molecule has 1 amide bonds. The molecule has 30 heavy (non-hydrogen) atoms. The number of carbonyl (C=O) groups is 1. The van der Waals surface area contributed by atoms with Crippen molar-refractivity contribution in [3.05, 3.63) is 89.3 Å². The standard InChI is InChI=1S/C23H19ClN4O2/c1-30-19-4-2-3-15(11-19)13-27-23(29)21-8-7-18(14-26-21)28-22-20-12-17(24)6-5-16(20)9-10-25-22/h2-12,14H,13H2,1H3,(H,25,28)(H,27,29). The van der Waals surface area contributed by atoms with E-state index in [4.69, 9.17) is 16.3 Å². The van der Waals surface area contributed by atoms with Gasteiger partial charge < -0.3 is 15.4 Å². The number of ether oxygens (including phenoxy) is 1. The predicted octanol–water partition coefficient (Wildman–Crippen LogP) is 4.97. The summed E-state index contributed by atoms with van der Waals surface area (Å²) in [6, 6.07) is 18.6. The first-order valence-corrected chi connectivity index (χ1v) is 9.68. The van der Waals surface area contributed by atoms with Crippen molar-refractivity contribution in [2.24, 2.45) is 0 Å². The van der Waals surface area contributed by atoms with Gasteiger partial charge in [0.2, 0.25) is 0 Å². The normalized spacial score (nSPS) is 10.6. The molecule has 0 aliphatic heterocycles. The second kappa shape index (κ2) is 8.80. The lowest BCUT2D eigenvalue weighted by atomic mass is 10.1. The average molecular weight is 419 g/mol. The quantitative estimate of drug-likeness (QED) is 0.462. The second-order valence-electron chi connectivity index (χ2n) is 6.62. The van der Waals surface area contributed by atoms with Gasteiger partial charge in [0, 0.05) is 23.2 Å². The Kier molecular flexibility index (Phi) is 5.77. The number of pyridine rings is 2. The van der Waals surface area contributed by atoms with E-state index in [0.717, 1.165) is 27.8 Å². The topological polar surface area (TPSA) is 76.1 Å². The molecule has 2 aromatic heterocycles. The van der Waals surface area contributed by atoms with Crippen molar-refractivity contribution in [2.75, 3.05) is 12.4 Å². The Balaban J connectivity index is 1.44. The number of rotatable bonds is 6. The first-order chi connectivity index (χ1) is 14.6. The zero-order valence-electron chi connectivity index (χ0n) is 16.2. The highest BCUT2D eigenvalue weighted by Gasteiger charge is 2.09. The number of nitrogens with zero attached hydrogens (tertiary/aromatic N) is 2. The molecule has 2 N–H and O–H groups in total. The number of amides is 1. The molecule has 2 aromatic carbocycles. The largest absolute Gasteiger partial charge is 0.497 e. The van der Waals surface area contributed by atoms with E-state index in [1.807, 2.05) is 48.5 Å². The second-order valence-corrected chi connectivity index (χ2v) is 7.05. The van der Waals surface area contributed by atoms with Gasteiger partial charge in [0.25, 0.3) is 5.91 Å². The summed E-state index contributed by atoms with van der Waals surface area (Å²) in [5.41, 5.74) is 2.00. The van der Waals surface area contributed by atoms with Gasteiger partial charge in [-0.25, -0.2) is 9.97 Å². The molecule has 0 atom stereocenters. The number of nitrogens with one attached hydrogen (secondary N) is 2. The minimum atomic E-state index is -0.251. The summed E-state index contributed by atoms with van der Waals surface area (Å²) in [7, 11) is 1.61. The van der Waals surface area contributed by atoms with E-state index < -0.39 is 0 Å². The third-order valence-corrected chi connectivity index (χ3v) is 4.81. The molecular weight excluding hydrogens is 400 g/mol. The molecule has 0 bridgehead atoms. The van der Waals surface area contributed by atoms with Crippen LogP contribution in [-0.4, -0.2) is 23.0 Å². The van der Waals surface area contributed by atoms with Gasteiger partial charge in [-0.3, -0.25) is 4.79 Å². The lowest BCUT2D eigenvalue weighted by molar-refractivity contribution is 0.0946. The molecule has 0 radical (unpaired) electrons. The molecule has 6 nitrogen and oxygen atoms in total. The van der Waals surface area contributed by atoms with Crippen molar-refractivity contribution in [3.8, 4) is 5.75 Å². The van der Waals surface area contributed by atoms with Gasteiger partial charge in [-0.2, -0.15) is 0 Å². The highest BCUT2D eigenvalue weighted by Crippen LogP contribution is 2.26. The zero-order chi connectivity index (χ0) is 20.9. The van der Waals surface area contributed by atoms with Crippen LogP contribution in [0.5, 0.6) is 5.75 Å². The number of halogens is 1. The molecule has 0 aliphatic carbocycles. The van der Waals surface area contributed by atoms with E-state index in [-0.39, 0.29) is 5.91 Å². The number of hydrogen-bond acceptors (Lipinski definition) is 5. The summed E-state index contributed by atoms with van der Waals surface area (Å²) >= 11 is 6.12. The van der Waals surface area contributed by atoms with Gasteiger partial charge in [0.15, 0.2) is 0 Å². The summed E-state index contributed by atoms with van der Waals surface area (Å²) in [5, 5.41) is 8.67. The van der Waals surface area contributed by atoms with Gasteiger partial charge in [-0.05, 0) is 53.4 Å². The van der Waals surface area contributed by atoms with E-state index in [2.05, 4.69) is 20.6 Å². The fourth-order valence-electron chi connectivity index (χ4n) is 3.03. The Morgan fingerprint density at radius 2 is 1.97 bits per heavy atom. The minimum absolute atomic E-state index is 0.251. The van der Waals surface area contributed by atoms with E-state index in [0.29, 0.717) is 23.1 Å². The van der Waals surface area contributed by atoms with Gasteiger partial charge >= 0.3 is 0 Å². The maximum atomic E-state index is 12.4. The Morgan fingerprint density at radius 3 is 2.77 bits per heavy atom. The number of hydrogen-bond donors (Lipinski definition) is 2. The number of carbonyl (C=O) groups excluding carboxylic acids is 1. The molecule has 150 valence electrons. The third-order valence-electron chi connectivity index (χ3n) is 4.57. The lowest BCUT2D eigenvalue weighted by Crippen LogP contribution is -2.23. The van der Waals surface area contributed by atoms with Crippen LogP contribution >= 0.6 is 11.6 Å². The maximum absolute atomic E-state index is 12.4. The van der Waals surface area contributed by atoms with E-state index in [9.17, 15) is 4.79 Å². The first-order valence-electron chi connectivity index (χ1n) is 9.31. The molecule has 4 aromatic rings. The summed E-state index contributed by atoms with van der Waals surface area (Å²) in [6.07, 6.45) is 3.33. The fraction of sp³-hybridized carbons (Fsp3) is 0.0870. The number of methoxy groups -OCH3 is 1. The minimum Gasteiger partial charge on any atom is -0.497 e. The van der Waals surface area contributed by atoms with Crippen molar-refractivity contribution in [1.82, 2.24) is 15.3 Å². The van der Waals surface area contributed by atoms with Crippen LogP contribution in [0.1, 0.15) is 16.1 Å². The number of benzene rings is 2. The summed E-state index contributed by atoms with van der Waals surface area (Å²) in [5.74, 6) is 1.17. The van der Waals surface area contributed by atoms with E-state index >= 15 is 0 Å². The lowest BCUT2D eigenvalue weighted by Gasteiger charge is -2.10. The highest BCUT2D eigenvalue weighted by molar-refractivity contribution is 6.31. The summed E-state index contributed by atoms with van der Waals surface area (Å²) in [4.78, 5) is 21.1. The highest BCUT2D eigenvalue weighted by atomic mass is 35.5. The molecule has 0 unspecified atom stereocenters. The van der Waals surface area contributed by atoms with Crippen molar-refractivity contribution >= 4 is 39.8 Å². The van der Waals surface area contributed by atoms with Crippen LogP contribution in [0.25, 0.3) is 10.8 Å². The Labute approximate surface area is 178 Å². The van der Waals surface area contributed by atoms with Crippen molar-refractivity contribution < 1.29 is 9.53 Å². The van der Waals surface area contributed by atoms with Gasteiger partial charge in [0.1, 0.15) is 17.3 Å². The SMILES string of the molecule is COc1cccc(CNC(=O)c2ccc(Nc3nccc4ccc(Cl)cc34)cn2)c1. The van der Waals surface area contributed by atoms with Gasteiger partial charge in [-0.15, -0.1) is 0 Å². The van der Waals surface area contributed by atoms with Crippen LogP contribution in [0.15, 0.2) is 73.1 Å². The first kappa shape index (κ1) is 19.7. The molecule has 0 spiro atoms. The third kappa shape index (κ3) is 4.50. The molecule has 7 heteroatoms. The average Bonchev–Trinajstić information content (AvgIpc) is 2.78. The van der Waals surface area contributed by atoms with Crippen LogP contribution in [0.4, 0.5) is 11.5 Å². The number of anilines is 2. The molecular formula is C23H19ClN4O2. The predicted molar refractivity (Wildman–Crippen MR) is 118 cm³/mol. The van der Waals surface area contributed by atoms with Crippen LogP contribution < -0.4 is 15.4 Å². The van der Waals surface area contributed by atoms with Crippen LogP contribution in [0.3, 0.4) is 0 Å². The Bertz CT molecular complexity index is 1200. The molecule has 0 aliphatic rings. The molecule has 4 rings (SSSR count). The molecule has 0 saturated carbocycles. The van der Waals surface area contributed by atoms with Crippen LogP contribution in [0.2, 0.25) is 5.02 Å². The zero-order valence-corrected chi connectivity index (χ0v) is 17.0. The fourth-order valence-corrected chi connectivity index (χ4v) is 3.21. The van der Waals surface area contributed by atoms with Gasteiger partial charge in [-0.1, -0.05) is 29.8 Å². The molecule has 2 heterocycles. The maximum Gasteiger partial charge on any atom is 0.270 e. The smallest absolute Gasteiger partial charge is 0.270 e. The monoisotopic (exact) mass is 418 g/mol. The molecule has 0 saturated heterocycles. The van der Waals surface area contributed by atoms with Crippen molar-refractivity contribution in [1.29, 1.82) is 0 Å². The van der Waals surface area contributed by atoms with E-state index in [1.165, 1.54) is 0 Å². The number of aromatic nitrogens is 2. The summed E-state index contributed by atoms with van der Waals surface area (Å²) in [6.45, 7) is 0.387. The van der Waals surface area contributed by atoms with Crippen molar-refractivity contribution in [3.63, 3.8) is 0 Å². The Morgan fingerprint density at radius 1 is 1.07 bits per heavy atom. The Hall–Kier alpha value is -3.64.